The maximum absolute atomic E-state index is 4.49. The average molecular weight is 163 g/mol. The second-order valence-electron chi connectivity index (χ2n) is 4.06. The lowest BCUT2D eigenvalue weighted by atomic mass is 10.3. The van der Waals surface area contributed by atoms with Crippen molar-refractivity contribution in [3.8, 4) is 0 Å². The molecule has 12 heavy (non-hydrogen) atoms. The number of aromatic amines is 1. The fourth-order valence-corrected chi connectivity index (χ4v) is 1.52. The minimum atomic E-state index is 0.689. The smallest absolute Gasteiger partial charge is 0.153 e. The Morgan fingerprint density at radius 3 is 2.75 bits per heavy atom. The summed E-state index contributed by atoms with van der Waals surface area (Å²) in [5.41, 5.74) is 0. The van der Waals surface area contributed by atoms with Crippen molar-refractivity contribution >= 4 is 0 Å². The van der Waals surface area contributed by atoms with Crippen LogP contribution in [0.2, 0.25) is 0 Å². The van der Waals surface area contributed by atoms with Gasteiger partial charge in [0.2, 0.25) is 0 Å². The molecule has 0 unspecified atom stereocenters. The summed E-state index contributed by atoms with van der Waals surface area (Å²) in [7, 11) is 0. The molecule has 3 rings (SSSR count). The lowest BCUT2D eigenvalue weighted by Crippen LogP contribution is -1.89. The molecule has 2 aliphatic carbocycles. The number of hydrogen-bond donors (Lipinski definition) is 1. The van der Waals surface area contributed by atoms with Crippen molar-refractivity contribution in [2.24, 2.45) is 5.92 Å². The van der Waals surface area contributed by atoms with Gasteiger partial charge in [-0.05, 0) is 31.6 Å². The zero-order valence-electron chi connectivity index (χ0n) is 7.08. The Labute approximate surface area is 71.6 Å². The van der Waals surface area contributed by atoms with E-state index in [-0.39, 0.29) is 0 Å². The summed E-state index contributed by atoms with van der Waals surface area (Å²) < 4.78 is 0. The van der Waals surface area contributed by atoms with Gasteiger partial charge in [0, 0.05) is 12.3 Å². The van der Waals surface area contributed by atoms with E-state index in [9.17, 15) is 0 Å². The average Bonchev–Trinajstić information content (AvgIpc) is 2.92. The lowest BCUT2D eigenvalue weighted by Gasteiger charge is -1.88. The third-order valence-electron chi connectivity index (χ3n) is 2.67. The highest BCUT2D eigenvalue weighted by molar-refractivity contribution is 5.05. The Morgan fingerprint density at radius 2 is 2.08 bits per heavy atom. The van der Waals surface area contributed by atoms with Crippen LogP contribution < -0.4 is 0 Å². The number of nitrogens with zero attached hydrogens (tertiary/aromatic N) is 2. The van der Waals surface area contributed by atoms with Crippen molar-refractivity contribution in [3.63, 3.8) is 0 Å². The van der Waals surface area contributed by atoms with Crippen molar-refractivity contribution in [1.82, 2.24) is 15.2 Å². The van der Waals surface area contributed by atoms with E-state index in [1.807, 2.05) is 0 Å². The molecule has 1 heterocycles. The minimum absolute atomic E-state index is 0.689. The molecule has 0 aromatic carbocycles. The van der Waals surface area contributed by atoms with Gasteiger partial charge in [-0.3, -0.25) is 5.10 Å². The molecule has 0 amide bonds. The van der Waals surface area contributed by atoms with Crippen LogP contribution in [0.25, 0.3) is 0 Å². The number of rotatable bonds is 3. The molecule has 0 saturated heterocycles. The van der Waals surface area contributed by atoms with Gasteiger partial charge in [-0.25, -0.2) is 4.98 Å². The van der Waals surface area contributed by atoms with Crippen molar-refractivity contribution < 1.29 is 0 Å². The molecule has 0 radical (unpaired) electrons. The van der Waals surface area contributed by atoms with Gasteiger partial charge in [0.05, 0.1) is 0 Å². The third-order valence-corrected chi connectivity index (χ3v) is 2.67. The number of H-pyrrole nitrogens is 1. The summed E-state index contributed by atoms with van der Waals surface area (Å²) in [4.78, 5) is 4.49. The van der Waals surface area contributed by atoms with Gasteiger partial charge < -0.3 is 0 Å². The maximum Gasteiger partial charge on any atom is 0.153 e. The van der Waals surface area contributed by atoms with E-state index in [0.29, 0.717) is 5.92 Å². The van der Waals surface area contributed by atoms with Crippen molar-refractivity contribution in [3.05, 3.63) is 11.6 Å². The molecule has 1 aromatic heterocycles. The quantitative estimate of drug-likeness (QED) is 0.735. The minimum Gasteiger partial charge on any atom is -0.263 e. The summed E-state index contributed by atoms with van der Waals surface area (Å²) in [6.07, 6.45) is 6.49. The molecular formula is C9H13N3. The highest BCUT2D eigenvalue weighted by atomic mass is 15.2. The molecule has 0 spiro atoms. The van der Waals surface area contributed by atoms with Gasteiger partial charge in [-0.2, -0.15) is 5.10 Å². The van der Waals surface area contributed by atoms with Gasteiger partial charge >= 0.3 is 0 Å². The van der Waals surface area contributed by atoms with Crippen molar-refractivity contribution in [2.75, 3.05) is 0 Å². The molecule has 64 valence electrons. The summed E-state index contributed by atoms with van der Waals surface area (Å²) in [6, 6.07) is 0. The number of aromatic nitrogens is 3. The van der Waals surface area contributed by atoms with Crippen LogP contribution in [-0.4, -0.2) is 15.2 Å². The largest absolute Gasteiger partial charge is 0.263 e. The van der Waals surface area contributed by atoms with Crippen LogP contribution in [0.3, 0.4) is 0 Å². The van der Waals surface area contributed by atoms with Crippen LogP contribution in [0.15, 0.2) is 0 Å². The van der Waals surface area contributed by atoms with E-state index < -0.39 is 0 Å². The first-order valence-corrected chi connectivity index (χ1v) is 4.83. The predicted molar refractivity (Wildman–Crippen MR) is 44.8 cm³/mol. The molecule has 2 aliphatic rings. The zero-order chi connectivity index (χ0) is 7.97. The number of hydrogen-bond acceptors (Lipinski definition) is 2. The summed E-state index contributed by atoms with van der Waals surface area (Å²) in [6.45, 7) is 0. The van der Waals surface area contributed by atoms with E-state index in [1.54, 1.807) is 0 Å². The van der Waals surface area contributed by atoms with Gasteiger partial charge in [0.25, 0.3) is 0 Å². The summed E-state index contributed by atoms with van der Waals surface area (Å²) >= 11 is 0. The highest BCUT2D eigenvalue weighted by Gasteiger charge is 2.29. The lowest BCUT2D eigenvalue weighted by molar-refractivity contribution is 0.774. The van der Waals surface area contributed by atoms with Gasteiger partial charge in [-0.1, -0.05) is 0 Å². The SMILES string of the molecule is C1CC1Cc1nc(C2CC2)n[nH]1. The van der Waals surface area contributed by atoms with Gasteiger partial charge in [0.15, 0.2) is 5.82 Å². The molecule has 2 fully saturated rings. The van der Waals surface area contributed by atoms with Crippen LogP contribution in [-0.2, 0) is 6.42 Å². The summed E-state index contributed by atoms with van der Waals surface area (Å²) in [5, 5.41) is 7.26. The fourth-order valence-electron chi connectivity index (χ4n) is 1.52. The summed E-state index contributed by atoms with van der Waals surface area (Å²) in [5.74, 6) is 3.77. The molecule has 0 atom stereocenters. The fraction of sp³-hybridized carbons (Fsp3) is 0.778. The number of nitrogens with one attached hydrogen (secondary N) is 1. The monoisotopic (exact) mass is 163 g/mol. The first kappa shape index (κ1) is 6.63. The molecule has 1 aromatic rings. The first-order chi connectivity index (χ1) is 5.92. The Balaban J connectivity index is 1.72. The topological polar surface area (TPSA) is 41.6 Å². The Morgan fingerprint density at radius 1 is 1.25 bits per heavy atom. The maximum atomic E-state index is 4.49. The first-order valence-electron chi connectivity index (χ1n) is 4.83. The van der Waals surface area contributed by atoms with E-state index in [0.717, 1.165) is 24.0 Å². The van der Waals surface area contributed by atoms with Crippen LogP contribution in [0.1, 0.15) is 43.3 Å². The zero-order valence-corrected chi connectivity index (χ0v) is 7.08. The van der Waals surface area contributed by atoms with E-state index in [1.165, 1.54) is 25.7 Å². The van der Waals surface area contributed by atoms with E-state index in [4.69, 9.17) is 0 Å². The van der Waals surface area contributed by atoms with Crippen LogP contribution in [0.4, 0.5) is 0 Å². The Kier molecular flexibility index (Phi) is 1.28. The molecular weight excluding hydrogens is 150 g/mol. The van der Waals surface area contributed by atoms with Crippen LogP contribution in [0.5, 0.6) is 0 Å². The highest BCUT2D eigenvalue weighted by Crippen LogP contribution is 2.38. The second kappa shape index (κ2) is 2.31. The molecule has 3 heteroatoms. The van der Waals surface area contributed by atoms with Crippen molar-refractivity contribution in [2.45, 2.75) is 38.0 Å². The standard InChI is InChI=1S/C9H13N3/c1-2-6(1)5-8-10-9(12-11-8)7-3-4-7/h6-7H,1-5H2,(H,10,11,12). The predicted octanol–water partition coefficient (Wildman–Crippen LogP) is 1.63. The molecule has 3 nitrogen and oxygen atoms in total. The van der Waals surface area contributed by atoms with Crippen LogP contribution >= 0.6 is 0 Å². The Hall–Kier alpha value is -0.860. The van der Waals surface area contributed by atoms with Gasteiger partial charge in [0.1, 0.15) is 5.82 Å². The normalized spacial score (nSPS) is 23.0. The third kappa shape index (κ3) is 1.24. The Bertz CT molecular complexity index is 284. The van der Waals surface area contributed by atoms with Gasteiger partial charge in [-0.15, -0.1) is 0 Å². The molecule has 0 bridgehead atoms. The van der Waals surface area contributed by atoms with Crippen molar-refractivity contribution in [1.29, 1.82) is 0 Å². The molecule has 1 N–H and O–H groups in total. The van der Waals surface area contributed by atoms with E-state index >= 15 is 0 Å². The molecule has 0 aliphatic heterocycles. The molecule has 2 saturated carbocycles. The van der Waals surface area contributed by atoms with E-state index in [2.05, 4.69) is 15.2 Å². The second-order valence-corrected chi connectivity index (χ2v) is 4.06. The van der Waals surface area contributed by atoms with Crippen LogP contribution in [0, 0.1) is 5.92 Å².